The van der Waals surface area contributed by atoms with Gasteiger partial charge in [0.1, 0.15) is 0 Å². The molecule has 2 N–H and O–H groups in total. The highest BCUT2D eigenvalue weighted by Crippen LogP contribution is 2.40. The Hall–Kier alpha value is -1.79. The summed E-state index contributed by atoms with van der Waals surface area (Å²) >= 11 is 0. The Morgan fingerprint density at radius 2 is 1.88 bits per heavy atom. The molecule has 0 unspecified atom stereocenters. The molecule has 0 aromatic heterocycles. The first-order valence-electron chi connectivity index (χ1n) is 9.06. The first kappa shape index (κ1) is 20.5. The van der Waals surface area contributed by atoms with Gasteiger partial charge in [0, 0.05) is 25.2 Å². The summed E-state index contributed by atoms with van der Waals surface area (Å²) in [7, 11) is 0. The lowest BCUT2D eigenvalue weighted by Gasteiger charge is -2.38. The van der Waals surface area contributed by atoms with Crippen LogP contribution in [0.3, 0.4) is 0 Å². The van der Waals surface area contributed by atoms with Gasteiger partial charge in [-0.2, -0.15) is 0 Å². The number of hydrogen-bond donors (Lipinski definition) is 2. The lowest BCUT2D eigenvalue weighted by Crippen LogP contribution is -2.49. The van der Waals surface area contributed by atoms with Crippen molar-refractivity contribution >= 4 is 35.7 Å². The third-order valence-electron chi connectivity index (χ3n) is 5.25. The van der Waals surface area contributed by atoms with Crippen LogP contribution in [0.5, 0.6) is 0 Å². The molecule has 0 saturated heterocycles. The summed E-state index contributed by atoms with van der Waals surface area (Å²) < 4.78 is 0. The molecule has 26 heavy (non-hydrogen) atoms. The zero-order chi connectivity index (χ0) is 18.1. The Labute approximate surface area is 161 Å². The fraction of sp³-hybridized carbons (Fsp3) is 0.579. The minimum atomic E-state index is -0.967. The number of amides is 1. The molecule has 0 bridgehead atoms. The molecule has 0 spiro atoms. The molecule has 1 aromatic carbocycles. The van der Waals surface area contributed by atoms with Crippen molar-refractivity contribution in [1.29, 1.82) is 0 Å². The van der Waals surface area contributed by atoms with E-state index in [0.29, 0.717) is 18.5 Å². The van der Waals surface area contributed by atoms with Crippen LogP contribution >= 0.6 is 12.4 Å². The van der Waals surface area contributed by atoms with E-state index < -0.39 is 5.97 Å². The van der Waals surface area contributed by atoms with Gasteiger partial charge in [-0.3, -0.25) is 4.79 Å². The van der Waals surface area contributed by atoms with Crippen molar-refractivity contribution in [3.8, 4) is 0 Å². The lowest BCUT2D eigenvalue weighted by molar-refractivity contribution is -0.118. The number of carbonyl (C=O) groups excluding carboxylic acids is 1. The van der Waals surface area contributed by atoms with Crippen LogP contribution < -0.4 is 15.1 Å². The van der Waals surface area contributed by atoms with Crippen molar-refractivity contribution in [1.82, 2.24) is 5.32 Å². The average Bonchev–Trinajstić information content (AvgIpc) is 3.42. The fourth-order valence-electron chi connectivity index (χ4n) is 3.17. The van der Waals surface area contributed by atoms with Crippen molar-refractivity contribution in [2.24, 2.45) is 5.92 Å². The lowest BCUT2D eigenvalue weighted by atomic mass is 10.1. The Morgan fingerprint density at radius 1 is 1.19 bits per heavy atom. The minimum Gasteiger partial charge on any atom is -0.478 e. The van der Waals surface area contributed by atoms with Crippen molar-refractivity contribution in [2.45, 2.75) is 45.7 Å². The van der Waals surface area contributed by atoms with E-state index in [0.717, 1.165) is 17.9 Å². The summed E-state index contributed by atoms with van der Waals surface area (Å²) in [5, 5.41) is 12.6. The number of halogens is 1. The predicted molar refractivity (Wildman–Crippen MR) is 106 cm³/mol. The molecule has 144 valence electrons. The number of carbonyl (C=O) groups is 2. The molecule has 1 aliphatic carbocycles. The summed E-state index contributed by atoms with van der Waals surface area (Å²) in [6.07, 6.45) is 2.34. The van der Waals surface area contributed by atoms with Crippen LogP contribution in [0.15, 0.2) is 18.2 Å². The summed E-state index contributed by atoms with van der Waals surface area (Å²) in [5.74, 6) is -0.526. The summed E-state index contributed by atoms with van der Waals surface area (Å²) in [6.45, 7) is 7.97. The Kier molecular flexibility index (Phi) is 6.53. The average molecular weight is 382 g/mol. The van der Waals surface area contributed by atoms with E-state index in [4.69, 9.17) is 0 Å². The van der Waals surface area contributed by atoms with Gasteiger partial charge in [-0.05, 0) is 43.9 Å². The third-order valence-corrected chi connectivity index (χ3v) is 5.25. The van der Waals surface area contributed by atoms with Crippen molar-refractivity contribution in [3.63, 3.8) is 0 Å². The largest absolute Gasteiger partial charge is 0.478 e. The highest BCUT2D eigenvalue weighted by Gasteiger charge is 2.35. The first-order valence-corrected chi connectivity index (χ1v) is 9.06. The van der Waals surface area contributed by atoms with E-state index in [1.165, 1.54) is 12.8 Å². The predicted octanol–water partition coefficient (Wildman–Crippen LogP) is 2.76. The van der Waals surface area contributed by atoms with Gasteiger partial charge in [0.25, 0.3) is 0 Å². The van der Waals surface area contributed by atoms with Crippen LogP contribution in [0, 0.1) is 5.92 Å². The number of aromatic carboxylic acids is 1. The topological polar surface area (TPSA) is 72.9 Å². The van der Waals surface area contributed by atoms with Gasteiger partial charge in [-0.15, -0.1) is 12.4 Å². The van der Waals surface area contributed by atoms with Crippen LogP contribution in [-0.2, 0) is 4.79 Å². The quantitative estimate of drug-likeness (QED) is 0.792. The number of nitrogens with one attached hydrogen (secondary N) is 1. The van der Waals surface area contributed by atoms with Gasteiger partial charge in [0.05, 0.1) is 23.5 Å². The van der Waals surface area contributed by atoms with Crippen molar-refractivity contribution < 1.29 is 14.7 Å². The molecule has 1 fully saturated rings. The number of hydrogen-bond acceptors (Lipinski definition) is 4. The molecular formula is C19H28ClN3O3. The number of fused-ring (bicyclic) bond motifs is 1. The molecular weight excluding hydrogens is 354 g/mol. The number of carboxylic acids is 1. The molecule has 1 aromatic rings. The monoisotopic (exact) mass is 381 g/mol. The molecule has 1 aliphatic heterocycles. The Bertz CT molecular complexity index is 676. The van der Waals surface area contributed by atoms with Gasteiger partial charge >= 0.3 is 5.97 Å². The molecule has 1 atom stereocenters. The van der Waals surface area contributed by atoms with Gasteiger partial charge in [0.2, 0.25) is 5.91 Å². The van der Waals surface area contributed by atoms with Crippen LogP contribution in [0.4, 0.5) is 11.4 Å². The van der Waals surface area contributed by atoms with Gasteiger partial charge in [-0.1, -0.05) is 13.8 Å². The van der Waals surface area contributed by atoms with E-state index in [1.807, 2.05) is 6.07 Å². The zero-order valence-electron chi connectivity index (χ0n) is 15.6. The second-order valence-electron chi connectivity index (χ2n) is 7.39. The number of nitrogens with zero attached hydrogens (tertiary/aromatic N) is 2. The number of carboxylic acid groups (broad SMARTS) is 1. The first-order chi connectivity index (χ1) is 11.9. The Morgan fingerprint density at radius 3 is 2.46 bits per heavy atom. The normalized spacial score (nSPS) is 17.5. The molecule has 3 rings (SSSR count). The molecule has 1 heterocycles. The maximum atomic E-state index is 12.8. The molecule has 1 amide bonds. The number of benzene rings is 1. The summed E-state index contributed by atoms with van der Waals surface area (Å²) in [4.78, 5) is 28.2. The Balaban J connectivity index is 0.00000243. The molecule has 2 aliphatic rings. The van der Waals surface area contributed by atoms with Gasteiger partial charge in [-0.25, -0.2) is 4.79 Å². The highest BCUT2D eigenvalue weighted by molar-refractivity contribution is 6.01. The SMILES string of the molecule is CC(C)[C@H](C)NCC(=O)N1CCN(C2CC2)c2ccc(C(=O)O)cc21.Cl. The van der Waals surface area contributed by atoms with Crippen LogP contribution in [0.2, 0.25) is 0 Å². The molecule has 6 nitrogen and oxygen atoms in total. The minimum absolute atomic E-state index is 0. The van der Waals surface area contributed by atoms with Crippen molar-refractivity contribution in [2.75, 3.05) is 29.4 Å². The summed E-state index contributed by atoms with van der Waals surface area (Å²) in [6, 6.07) is 5.90. The number of anilines is 2. The fourth-order valence-corrected chi connectivity index (χ4v) is 3.17. The maximum absolute atomic E-state index is 12.8. The van der Waals surface area contributed by atoms with E-state index in [9.17, 15) is 14.7 Å². The number of rotatable bonds is 6. The van der Waals surface area contributed by atoms with Crippen LogP contribution in [0.25, 0.3) is 0 Å². The molecule has 7 heteroatoms. The van der Waals surface area contributed by atoms with E-state index in [2.05, 4.69) is 31.0 Å². The van der Waals surface area contributed by atoms with Crippen molar-refractivity contribution in [3.05, 3.63) is 23.8 Å². The third kappa shape index (κ3) is 4.30. The molecule has 0 radical (unpaired) electrons. The zero-order valence-corrected chi connectivity index (χ0v) is 16.4. The van der Waals surface area contributed by atoms with Crippen LogP contribution in [0.1, 0.15) is 44.0 Å². The van der Waals surface area contributed by atoms with Gasteiger partial charge < -0.3 is 20.2 Å². The second-order valence-corrected chi connectivity index (χ2v) is 7.39. The van der Waals surface area contributed by atoms with Crippen LogP contribution in [-0.4, -0.2) is 48.7 Å². The second kappa shape index (κ2) is 8.27. The van der Waals surface area contributed by atoms with E-state index >= 15 is 0 Å². The van der Waals surface area contributed by atoms with Gasteiger partial charge in [0.15, 0.2) is 0 Å². The molecule has 1 saturated carbocycles. The standard InChI is InChI=1S/C19H27N3O3.ClH/c1-12(2)13(3)20-11-18(23)22-9-8-21(15-5-6-15)16-7-4-14(19(24)25)10-17(16)22;/h4,7,10,12-13,15,20H,5-6,8-9,11H2,1-3H3,(H,24,25);1H/t13-;/m0./s1. The maximum Gasteiger partial charge on any atom is 0.335 e. The summed E-state index contributed by atoms with van der Waals surface area (Å²) in [5.41, 5.74) is 1.92. The smallest absolute Gasteiger partial charge is 0.335 e. The van der Waals surface area contributed by atoms with E-state index in [1.54, 1.807) is 17.0 Å². The highest BCUT2D eigenvalue weighted by atomic mass is 35.5. The van der Waals surface area contributed by atoms with E-state index in [-0.39, 0.29) is 36.5 Å².